The van der Waals surface area contributed by atoms with Crippen LogP contribution in [0.15, 0.2) is 0 Å². The number of hydrogen-bond donors (Lipinski definition) is 1. The van der Waals surface area contributed by atoms with Gasteiger partial charge in [0.2, 0.25) is 12.3 Å². The molecule has 1 amide bonds. The summed E-state index contributed by atoms with van der Waals surface area (Å²) in [5.41, 5.74) is 4.07. The largest absolute Gasteiger partial charge is 0.369 e. The number of primary amides is 1. The molecule has 0 atom stereocenters. The SMILES string of the molecule is NC(=O)C1(CC(F)F)CC1. The molecule has 2 N–H and O–H groups in total. The summed E-state index contributed by atoms with van der Waals surface area (Å²) in [6.45, 7) is 0. The van der Waals surface area contributed by atoms with Gasteiger partial charge in [-0.15, -0.1) is 0 Å². The lowest BCUT2D eigenvalue weighted by molar-refractivity contribution is -0.124. The molecule has 0 saturated heterocycles. The van der Waals surface area contributed by atoms with Crippen LogP contribution in [0.1, 0.15) is 19.3 Å². The van der Waals surface area contributed by atoms with Crippen molar-refractivity contribution < 1.29 is 13.6 Å². The Morgan fingerprint density at radius 2 is 2.10 bits per heavy atom. The minimum absolute atomic E-state index is 0.359. The smallest absolute Gasteiger partial charge is 0.239 e. The predicted molar refractivity (Wildman–Crippen MR) is 31.5 cm³/mol. The Morgan fingerprint density at radius 1 is 1.60 bits per heavy atom. The van der Waals surface area contributed by atoms with Crippen molar-refractivity contribution in [3.05, 3.63) is 0 Å². The third kappa shape index (κ3) is 1.25. The fourth-order valence-corrected chi connectivity index (χ4v) is 0.997. The van der Waals surface area contributed by atoms with Crippen LogP contribution in [-0.4, -0.2) is 12.3 Å². The molecular formula is C6H9F2NO. The van der Waals surface area contributed by atoms with Gasteiger partial charge < -0.3 is 5.73 Å². The van der Waals surface area contributed by atoms with Gasteiger partial charge in [0.15, 0.2) is 0 Å². The van der Waals surface area contributed by atoms with Crippen molar-refractivity contribution in [1.82, 2.24) is 0 Å². The number of carbonyl (C=O) groups excluding carboxylic acids is 1. The van der Waals surface area contributed by atoms with E-state index < -0.39 is 17.7 Å². The van der Waals surface area contributed by atoms with E-state index in [-0.39, 0.29) is 6.42 Å². The number of halogens is 2. The van der Waals surface area contributed by atoms with Crippen LogP contribution < -0.4 is 5.73 Å². The molecule has 0 aromatic heterocycles. The first kappa shape index (κ1) is 7.44. The minimum atomic E-state index is -2.41. The summed E-state index contributed by atoms with van der Waals surface area (Å²) in [6.07, 6.45) is -1.70. The first-order valence-electron chi connectivity index (χ1n) is 3.15. The lowest BCUT2D eigenvalue weighted by atomic mass is 10.0. The van der Waals surface area contributed by atoms with Crippen LogP contribution in [0.5, 0.6) is 0 Å². The maximum absolute atomic E-state index is 11.7. The number of carbonyl (C=O) groups is 1. The van der Waals surface area contributed by atoms with Crippen molar-refractivity contribution in [1.29, 1.82) is 0 Å². The molecule has 4 heteroatoms. The highest BCUT2D eigenvalue weighted by molar-refractivity contribution is 5.83. The van der Waals surface area contributed by atoms with E-state index in [1.807, 2.05) is 0 Å². The van der Waals surface area contributed by atoms with Gasteiger partial charge in [-0.2, -0.15) is 0 Å². The standard InChI is InChI=1S/C6H9F2NO/c7-4(8)3-6(1-2-6)5(9)10/h4H,1-3H2,(H2,9,10). The number of hydrogen-bond acceptors (Lipinski definition) is 1. The van der Waals surface area contributed by atoms with E-state index in [1.54, 1.807) is 0 Å². The summed E-state index contributed by atoms with van der Waals surface area (Å²) in [6, 6.07) is 0. The first-order valence-corrected chi connectivity index (χ1v) is 3.15. The normalized spacial score (nSPS) is 21.1. The molecule has 1 rings (SSSR count). The van der Waals surface area contributed by atoms with Crippen molar-refractivity contribution in [2.24, 2.45) is 11.1 Å². The van der Waals surface area contributed by atoms with E-state index in [4.69, 9.17) is 5.73 Å². The zero-order valence-corrected chi connectivity index (χ0v) is 5.44. The molecule has 1 saturated carbocycles. The molecule has 0 radical (unpaired) electrons. The summed E-state index contributed by atoms with van der Waals surface area (Å²) >= 11 is 0. The second kappa shape index (κ2) is 2.18. The molecule has 0 aliphatic heterocycles. The molecule has 1 aliphatic rings. The maximum atomic E-state index is 11.7. The molecule has 0 aromatic rings. The van der Waals surface area contributed by atoms with E-state index in [0.717, 1.165) is 0 Å². The Bertz CT molecular complexity index is 154. The quantitative estimate of drug-likeness (QED) is 0.636. The summed E-state index contributed by atoms with van der Waals surface area (Å²) in [4.78, 5) is 10.5. The fraction of sp³-hybridized carbons (Fsp3) is 0.833. The molecule has 0 heterocycles. The predicted octanol–water partition coefficient (Wildman–Crippen LogP) is 0.907. The van der Waals surface area contributed by atoms with Gasteiger partial charge in [0, 0.05) is 6.42 Å². The van der Waals surface area contributed by atoms with Crippen LogP contribution in [-0.2, 0) is 4.79 Å². The van der Waals surface area contributed by atoms with Gasteiger partial charge in [0.1, 0.15) is 0 Å². The Balaban J connectivity index is 2.45. The average molecular weight is 149 g/mol. The van der Waals surface area contributed by atoms with E-state index in [0.29, 0.717) is 12.8 Å². The van der Waals surface area contributed by atoms with Crippen LogP contribution in [0.3, 0.4) is 0 Å². The highest BCUT2D eigenvalue weighted by atomic mass is 19.3. The maximum Gasteiger partial charge on any atom is 0.239 e. The Kier molecular flexibility index (Phi) is 1.62. The molecule has 10 heavy (non-hydrogen) atoms. The number of nitrogens with two attached hydrogens (primary N) is 1. The number of rotatable bonds is 3. The van der Waals surface area contributed by atoms with Gasteiger partial charge in [-0.05, 0) is 12.8 Å². The first-order chi connectivity index (χ1) is 4.57. The molecule has 1 fully saturated rings. The van der Waals surface area contributed by atoms with Crippen LogP contribution in [0, 0.1) is 5.41 Å². The van der Waals surface area contributed by atoms with Crippen molar-refractivity contribution in [2.75, 3.05) is 0 Å². The van der Waals surface area contributed by atoms with Crippen molar-refractivity contribution in [2.45, 2.75) is 25.7 Å². The van der Waals surface area contributed by atoms with Gasteiger partial charge >= 0.3 is 0 Å². The summed E-state index contributed by atoms with van der Waals surface area (Å²) in [7, 11) is 0. The molecule has 0 spiro atoms. The Labute approximate surface area is 57.4 Å². The molecule has 0 unspecified atom stereocenters. The van der Waals surface area contributed by atoms with Gasteiger partial charge in [0.25, 0.3) is 0 Å². The summed E-state index contributed by atoms with van der Waals surface area (Å²) < 4.78 is 23.4. The third-order valence-electron chi connectivity index (χ3n) is 1.92. The fourth-order valence-electron chi connectivity index (χ4n) is 0.997. The van der Waals surface area contributed by atoms with Crippen LogP contribution >= 0.6 is 0 Å². The molecule has 0 aromatic carbocycles. The highest BCUT2D eigenvalue weighted by Gasteiger charge is 2.50. The average Bonchev–Trinajstić information content (AvgIpc) is 2.46. The van der Waals surface area contributed by atoms with Crippen molar-refractivity contribution in [3.63, 3.8) is 0 Å². The van der Waals surface area contributed by atoms with Crippen molar-refractivity contribution >= 4 is 5.91 Å². The lowest BCUT2D eigenvalue weighted by Gasteiger charge is -2.07. The highest BCUT2D eigenvalue weighted by Crippen LogP contribution is 2.49. The van der Waals surface area contributed by atoms with Gasteiger partial charge in [-0.1, -0.05) is 0 Å². The monoisotopic (exact) mass is 149 g/mol. The zero-order chi connectivity index (χ0) is 7.78. The zero-order valence-electron chi connectivity index (χ0n) is 5.44. The van der Waals surface area contributed by atoms with E-state index in [9.17, 15) is 13.6 Å². The van der Waals surface area contributed by atoms with Gasteiger partial charge in [-0.25, -0.2) is 8.78 Å². The number of amides is 1. The molecule has 58 valence electrons. The van der Waals surface area contributed by atoms with Gasteiger partial charge in [0.05, 0.1) is 5.41 Å². The molecule has 1 aliphatic carbocycles. The second-order valence-electron chi connectivity index (χ2n) is 2.74. The molecular weight excluding hydrogens is 140 g/mol. The molecule has 0 bridgehead atoms. The van der Waals surface area contributed by atoms with Crippen LogP contribution in [0.4, 0.5) is 8.78 Å². The Hall–Kier alpha value is -0.670. The third-order valence-corrected chi connectivity index (χ3v) is 1.92. The van der Waals surface area contributed by atoms with Crippen molar-refractivity contribution in [3.8, 4) is 0 Å². The number of alkyl halides is 2. The van der Waals surface area contributed by atoms with E-state index >= 15 is 0 Å². The Morgan fingerprint density at radius 3 is 2.20 bits per heavy atom. The summed E-state index contributed by atoms with van der Waals surface area (Å²) in [5.74, 6) is -0.576. The van der Waals surface area contributed by atoms with Crippen LogP contribution in [0.2, 0.25) is 0 Å². The second-order valence-corrected chi connectivity index (χ2v) is 2.74. The van der Waals surface area contributed by atoms with E-state index in [1.165, 1.54) is 0 Å². The van der Waals surface area contributed by atoms with E-state index in [2.05, 4.69) is 0 Å². The summed E-state index contributed by atoms with van der Waals surface area (Å²) in [5, 5.41) is 0. The molecule has 2 nitrogen and oxygen atoms in total. The minimum Gasteiger partial charge on any atom is -0.369 e. The van der Waals surface area contributed by atoms with Gasteiger partial charge in [-0.3, -0.25) is 4.79 Å². The lowest BCUT2D eigenvalue weighted by Crippen LogP contribution is -2.26. The topological polar surface area (TPSA) is 43.1 Å². The van der Waals surface area contributed by atoms with Crippen LogP contribution in [0.25, 0.3) is 0 Å².